The normalized spacial score (nSPS) is 14.2. The van der Waals surface area contributed by atoms with E-state index < -0.39 is 11.6 Å². The first-order valence-corrected chi connectivity index (χ1v) is 5.53. The highest BCUT2D eigenvalue weighted by Crippen LogP contribution is 2.32. The van der Waals surface area contributed by atoms with Crippen molar-refractivity contribution >= 4 is 5.97 Å². The third kappa shape index (κ3) is 2.02. The average Bonchev–Trinajstić information content (AvgIpc) is 2.79. The lowest BCUT2D eigenvalue weighted by atomic mass is 9.90. The summed E-state index contributed by atoms with van der Waals surface area (Å²) in [5.74, 6) is -1.08. The van der Waals surface area contributed by atoms with Crippen molar-refractivity contribution in [2.45, 2.75) is 19.4 Å². The van der Waals surface area contributed by atoms with Gasteiger partial charge in [-0.05, 0) is 25.5 Å². The van der Waals surface area contributed by atoms with Gasteiger partial charge in [-0.3, -0.25) is 0 Å². The fourth-order valence-corrected chi connectivity index (χ4v) is 1.86. The minimum absolute atomic E-state index is 0.0272. The maximum atomic E-state index is 11.0. The molecule has 1 atom stereocenters. The van der Waals surface area contributed by atoms with Crippen LogP contribution in [0.25, 0.3) is 0 Å². The van der Waals surface area contributed by atoms with Gasteiger partial charge in [-0.15, -0.1) is 0 Å². The van der Waals surface area contributed by atoms with Crippen LogP contribution in [0.2, 0.25) is 0 Å². The summed E-state index contributed by atoms with van der Waals surface area (Å²) in [6, 6.07) is 8.55. The smallest absolute Gasteiger partial charge is 0.339 e. The van der Waals surface area contributed by atoms with Crippen LogP contribution in [0.3, 0.4) is 0 Å². The minimum atomic E-state index is -1.47. The van der Waals surface area contributed by atoms with Gasteiger partial charge in [0.25, 0.3) is 0 Å². The van der Waals surface area contributed by atoms with Gasteiger partial charge in [0.1, 0.15) is 11.2 Å². The van der Waals surface area contributed by atoms with Gasteiger partial charge in [0.2, 0.25) is 0 Å². The number of rotatable bonds is 3. The molecule has 0 fully saturated rings. The lowest BCUT2D eigenvalue weighted by Gasteiger charge is -2.22. The first-order valence-electron chi connectivity index (χ1n) is 5.53. The second-order valence-corrected chi connectivity index (χ2v) is 4.41. The molecule has 1 aromatic heterocycles. The first kappa shape index (κ1) is 12.4. The van der Waals surface area contributed by atoms with Gasteiger partial charge in [0.05, 0.1) is 6.26 Å². The van der Waals surface area contributed by atoms with Crippen LogP contribution >= 0.6 is 0 Å². The summed E-state index contributed by atoms with van der Waals surface area (Å²) in [5.41, 5.74) is 0.156. The molecule has 1 heterocycles. The predicted molar refractivity (Wildman–Crippen MR) is 65.5 cm³/mol. The number of carbonyl (C=O) groups is 1. The van der Waals surface area contributed by atoms with E-state index in [0.29, 0.717) is 5.56 Å². The Labute approximate surface area is 104 Å². The number of aryl methyl sites for hydroxylation is 1. The molecule has 0 radical (unpaired) electrons. The molecule has 94 valence electrons. The van der Waals surface area contributed by atoms with Gasteiger partial charge in [0.15, 0.2) is 5.76 Å². The van der Waals surface area contributed by atoms with Crippen LogP contribution in [-0.4, -0.2) is 16.2 Å². The minimum Gasteiger partial charge on any atom is -0.478 e. The molecule has 0 aliphatic heterocycles. The molecule has 1 unspecified atom stereocenters. The van der Waals surface area contributed by atoms with Crippen LogP contribution in [0, 0.1) is 6.92 Å². The summed E-state index contributed by atoms with van der Waals surface area (Å²) in [6.45, 7) is 3.46. The Hall–Kier alpha value is -2.07. The molecule has 2 N–H and O–H groups in total. The average molecular weight is 246 g/mol. The van der Waals surface area contributed by atoms with Crippen LogP contribution in [-0.2, 0) is 5.60 Å². The van der Waals surface area contributed by atoms with E-state index in [2.05, 4.69) is 0 Å². The molecule has 0 amide bonds. The molecule has 1 aromatic carbocycles. The van der Waals surface area contributed by atoms with Gasteiger partial charge < -0.3 is 14.6 Å². The van der Waals surface area contributed by atoms with Crippen LogP contribution in [0.1, 0.15) is 34.2 Å². The molecule has 2 rings (SSSR count). The highest BCUT2D eigenvalue weighted by Gasteiger charge is 2.33. The highest BCUT2D eigenvalue weighted by atomic mass is 16.4. The number of aromatic carboxylic acids is 1. The zero-order valence-corrected chi connectivity index (χ0v) is 10.2. The quantitative estimate of drug-likeness (QED) is 0.873. The van der Waals surface area contributed by atoms with E-state index in [9.17, 15) is 9.90 Å². The molecular weight excluding hydrogens is 232 g/mol. The second-order valence-electron chi connectivity index (χ2n) is 4.41. The Morgan fingerprint density at radius 1 is 1.22 bits per heavy atom. The lowest BCUT2D eigenvalue weighted by Crippen LogP contribution is -2.24. The van der Waals surface area contributed by atoms with Crippen LogP contribution < -0.4 is 0 Å². The van der Waals surface area contributed by atoms with E-state index in [4.69, 9.17) is 9.52 Å². The van der Waals surface area contributed by atoms with Gasteiger partial charge in [0, 0.05) is 0 Å². The maximum absolute atomic E-state index is 11.0. The Kier molecular flexibility index (Phi) is 2.97. The van der Waals surface area contributed by atoms with E-state index in [1.807, 2.05) is 19.1 Å². The Morgan fingerprint density at radius 2 is 1.83 bits per heavy atom. The van der Waals surface area contributed by atoms with E-state index in [0.717, 1.165) is 5.56 Å². The van der Waals surface area contributed by atoms with Gasteiger partial charge in [-0.25, -0.2) is 4.79 Å². The molecule has 0 aliphatic rings. The zero-order chi connectivity index (χ0) is 13.3. The van der Waals surface area contributed by atoms with Crippen molar-refractivity contribution in [2.24, 2.45) is 0 Å². The molecule has 18 heavy (non-hydrogen) atoms. The SMILES string of the molecule is Cc1ccc(C(C)(O)c2occc2C(=O)O)cc1. The Bertz CT molecular complexity index is 564. The van der Waals surface area contributed by atoms with Crippen LogP contribution in [0.5, 0.6) is 0 Å². The van der Waals surface area contributed by atoms with Crippen molar-refractivity contribution in [3.8, 4) is 0 Å². The third-order valence-electron chi connectivity index (χ3n) is 2.95. The molecule has 0 bridgehead atoms. The Morgan fingerprint density at radius 3 is 2.39 bits per heavy atom. The van der Waals surface area contributed by atoms with Crippen molar-refractivity contribution in [1.29, 1.82) is 0 Å². The van der Waals surface area contributed by atoms with Crippen molar-refractivity contribution in [3.63, 3.8) is 0 Å². The highest BCUT2D eigenvalue weighted by molar-refractivity contribution is 5.89. The molecule has 0 saturated carbocycles. The van der Waals surface area contributed by atoms with Gasteiger partial charge in [-0.1, -0.05) is 29.8 Å². The summed E-state index contributed by atoms with van der Waals surface area (Å²) in [6.07, 6.45) is 1.27. The number of furan rings is 1. The fourth-order valence-electron chi connectivity index (χ4n) is 1.86. The monoisotopic (exact) mass is 246 g/mol. The molecular formula is C14H14O4. The van der Waals surface area contributed by atoms with E-state index >= 15 is 0 Å². The summed E-state index contributed by atoms with van der Waals surface area (Å²) in [7, 11) is 0. The van der Waals surface area contributed by atoms with Gasteiger partial charge >= 0.3 is 5.97 Å². The Balaban J connectivity index is 2.50. The van der Waals surface area contributed by atoms with E-state index in [1.54, 1.807) is 12.1 Å². The lowest BCUT2D eigenvalue weighted by molar-refractivity contribution is 0.0615. The van der Waals surface area contributed by atoms with E-state index in [1.165, 1.54) is 19.3 Å². The predicted octanol–water partition coefficient (Wildman–Crippen LogP) is 2.54. The topological polar surface area (TPSA) is 70.7 Å². The first-order chi connectivity index (χ1) is 8.43. The summed E-state index contributed by atoms with van der Waals surface area (Å²) in [4.78, 5) is 11.0. The third-order valence-corrected chi connectivity index (χ3v) is 2.95. The van der Waals surface area contributed by atoms with Crippen LogP contribution in [0.4, 0.5) is 0 Å². The van der Waals surface area contributed by atoms with Gasteiger partial charge in [-0.2, -0.15) is 0 Å². The summed E-state index contributed by atoms with van der Waals surface area (Å²) < 4.78 is 5.14. The van der Waals surface area contributed by atoms with Crippen LogP contribution in [0.15, 0.2) is 41.0 Å². The number of carboxylic acids is 1. The van der Waals surface area contributed by atoms with Crippen molar-refractivity contribution in [1.82, 2.24) is 0 Å². The second kappa shape index (κ2) is 4.31. The van der Waals surface area contributed by atoms with E-state index in [-0.39, 0.29) is 11.3 Å². The number of hydrogen-bond donors (Lipinski definition) is 2. The van der Waals surface area contributed by atoms with Crippen molar-refractivity contribution in [3.05, 3.63) is 59.0 Å². The molecule has 0 saturated heterocycles. The molecule has 2 aromatic rings. The number of carboxylic acid groups (broad SMARTS) is 1. The molecule has 0 aliphatic carbocycles. The van der Waals surface area contributed by atoms with Crippen molar-refractivity contribution < 1.29 is 19.4 Å². The fraction of sp³-hybridized carbons (Fsp3) is 0.214. The number of hydrogen-bond acceptors (Lipinski definition) is 3. The molecule has 4 heteroatoms. The largest absolute Gasteiger partial charge is 0.478 e. The number of aliphatic hydroxyl groups is 1. The van der Waals surface area contributed by atoms with Crippen molar-refractivity contribution in [2.75, 3.05) is 0 Å². The number of benzene rings is 1. The molecule has 4 nitrogen and oxygen atoms in total. The standard InChI is InChI=1S/C14H14O4/c1-9-3-5-10(6-4-9)14(2,17)12-11(13(15)16)7-8-18-12/h3-8,17H,1-2H3,(H,15,16). The maximum Gasteiger partial charge on any atom is 0.339 e. The summed E-state index contributed by atoms with van der Waals surface area (Å²) in [5, 5.41) is 19.5. The summed E-state index contributed by atoms with van der Waals surface area (Å²) >= 11 is 0. The molecule has 0 spiro atoms. The zero-order valence-electron chi connectivity index (χ0n) is 10.2.